The van der Waals surface area contributed by atoms with E-state index < -0.39 is 0 Å². The highest BCUT2D eigenvalue weighted by Crippen LogP contribution is 2.12. The van der Waals surface area contributed by atoms with Gasteiger partial charge in [0.1, 0.15) is 5.82 Å². The van der Waals surface area contributed by atoms with Gasteiger partial charge in [0.2, 0.25) is 0 Å². The molecule has 15 heavy (non-hydrogen) atoms. The second kappa shape index (κ2) is 5.44. The Morgan fingerprint density at radius 1 is 1.53 bits per heavy atom. The Morgan fingerprint density at radius 3 is 2.87 bits per heavy atom. The highest BCUT2D eigenvalue weighted by atomic mass is 19.1. The van der Waals surface area contributed by atoms with E-state index in [1.807, 2.05) is 18.0 Å². The summed E-state index contributed by atoms with van der Waals surface area (Å²) >= 11 is 0. The van der Waals surface area contributed by atoms with Gasteiger partial charge in [-0.25, -0.2) is 4.39 Å². The molecule has 0 bridgehead atoms. The first-order valence-corrected chi connectivity index (χ1v) is 4.65. The predicted octanol–water partition coefficient (Wildman–Crippen LogP) is 1.12. The minimum Gasteiger partial charge on any atom is -0.395 e. The van der Waals surface area contributed by atoms with Gasteiger partial charge in [-0.05, 0) is 30.8 Å². The third-order valence-electron chi connectivity index (χ3n) is 2.11. The van der Waals surface area contributed by atoms with Crippen LogP contribution in [-0.2, 0) is 6.54 Å². The van der Waals surface area contributed by atoms with Gasteiger partial charge in [-0.3, -0.25) is 4.90 Å². The van der Waals surface area contributed by atoms with E-state index in [1.54, 1.807) is 0 Å². The summed E-state index contributed by atoms with van der Waals surface area (Å²) in [5.41, 5.74) is 1.12. The first-order chi connectivity index (χ1) is 7.17. The van der Waals surface area contributed by atoms with Crippen molar-refractivity contribution in [1.82, 2.24) is 4.90 Å². The van der Waals surface area contributed by atoms with Crippen molar-refractivity contribution in [2.75, 3.05) is 20.2 Å². The summed E-state index contributed by atoms with van der Waals surface area (Å²) in [5, 5.41) is 17.5. The average molecular weight is 208 g/mol. The Balaban J connectivity index is 2.83. The average Bonchev–Trinajstić information content (AvgIpc) is 2.18. The van der Waals surface area contributed by atoms with Gasteiger partial charge in [0.25, 0.3) is 0 Å². The Morgan fingerprint density at radius 2 is 2.27 bits per heavy atom. The Hall–Kier alpha value is -1.44. The second-order valence-electron chi connectivity index (χ2n) is 3.37. The molecule has 0 atom stereocenters. The molecule has 0 saturated carbocycles. The lowest BCUT2D eigenvalue weighted by Crippen LogP contribution is -2.22. The molecular weight excluding hydrogens is 195 g/mol. The Kier molecular flexibility index (Phi) is 4.22. The monoisotopic (exact) mass is 208 g/mol. The number of nitriles is 1. The topological polar surface area (TPSA) is 47.3 Å². The largest absolute Gasteiger partial charge is 0.395 e. The molecule has 0 amide bonds. The minimum atomic E-state index is -0.346. The van der Waals surface area contributed by atoms with Crippen LogP contribution in [0.25, 0.3) is 0 Å². The fraction of sp³-hybridized carbons (Fsp3) is 0.364. The summed E-state index contributed by atoms with van der Waals surface area (Å²) in [7, 11) is 1.81. The van der Waals surface area contributed by atoms with Crippen LogP contribution in [0.15, 0.2) is 18.2 Å². The van der Waals surface area contributed by atoms with Crippen LogP contribution in [0, 0.1) is 17.1 Å². The van der Waals surface area contributed by atoms with Gasteiger partial charge in [-0.1, -0.05) is 0 Å². The number of benzene rings is 1. The number of aliphatic hydroxyl groups excluding tert-OH is 1. The van der Waals surface area contributed by atoms with Crippen molar-refractivity contribution >= 4 is 0 Å². The Labute approximate surface area is 88.4 Å². The molecule has 0 unspecified atom stereocenters. The van der Waals surface area contributed by atoms with Crippen molar-refractivity contribution in [3.63, 3.8) is 0 Å². The molecule has 0 spiro atoms. The summed E-state index contributed by atoms with van der Waals surface area (Å²) in [5.74, 6) is -0.346. The van der Waals surface area contributed by atoms with Crippen LogP contribution in [0.3, 0.4) is 0 Å². The summed E-state index contributed by atoms with van der Waals surface area (Å²) in [6, 6.07) is 6.11. The van der Waals surface area contributed by atoms with E-state index >= 15 is 0 Å². The molecule has 4 heteroatoms. The van der Waals surface area contributed by atoms with Crippen LogP contribution in [0.5, 0.6) is 0 Å². The van der Waals surface area contributed by atoms with Crippen molar-refractivity contribution in [3.8, 4) is 6.07 Å². The molecule has 0 saturated heterocycles. The summed E-state index contributed by atoms with van der Waals surface area (Å²) in [4.78, 5) is 1.83. The third-order valence-corrected chi connectivity index (χ3v) is 2.11. The van der Waals surface area contributed by atoms with Crippen molar-refractivity contribution in [2.24, 2.45) is 0 Å². The van der Waals surface area contributed by atoms with Crippen molar-refractivity contribution in [2.45, 2.75) is 6.54 Å². The lowest BCUT2D eigenvalue weighted by atomic mass is 10.1. The third kappa shape index (κ3) is 3.31. The first kappa shape index (κ1) is 11.6. The molecule has 0 aliphatic rings. The fourth-order valence-electron chi connectivity index (χ4n) is 1.34. The standard InChI is InChI=1S/C11H13FN2O/c1-14(4-5-15)8-10-6-11(12)3-2-9(10)7-13/h2-3,6,15H,4-5,8H2,1H3. The van der Waals surface area contributed by atoms with Crippen molar-refractivity contribution in [3.05, 3.63) is 35.1 Å². The number of halogens is 1. The van der Waals surface area contributed by atoms with Crippen LogP contribution < -0.4 is 0 Å². The van der Waals surface area contributed by atoms with Gasteiger partial charge in [0.05, 0.1) is 18.2 Å². The fourth-order valence-corrected chi connectivity index (χ4v) is 1.34. The molecule has 0 fully saturated rings. The van der Waals surface area contributed by atoms with Crippen LogP contribution >= 0.6 is 0 Å². The van der Waals surface area contributed by atoms with Crippen LogP contribution in [0.1, 0.15) is 11.1 Å². The highest BCUT2D eigenvalue weighted by Gasteiger charge is 2.06. The number of likely N-dealkylation sites (N-methyl/N-ethyl adjacent to an activating group) is 1. The molecule has 1 aromatic carbocycles. The number of hydrogen-bond donors (Lipinski definition) is 1. The lowest BCUT2D eigenvalue weighted by molar-refractivity contribution is 0.217. The molecular formula is C11H13FN2O. The number of rotatable bonds is 4. The van der Waals surface area contributed by atoms with Crippen molar-refractivity contribution < 1.29 is 9.50 Å². The van der Waals surface area contributed by atoms with Gasteiger partial charge >= 0.3 is 0 Å². The van der Waals surface area contributed by atoms with E-state index in [-0.39, 0.29) is 12.4 Å². The zero-order valence-electron chi connectivity index (χ0n) is 8.57. The smallest absolute Gasteiger partial charge is 0.123 e. The van der Waals surface area contributed by atoms with E-state index in [0.29, 0.717) is 24.2 Å². The number of nitrogens with zero attached hydrogens (tertiary/aromatic N) is 2. The summed E-state index contributed by atoms with van der Waals surface area (Å²) in [6.45, 7) is 1.01. The van der Waals surface area contributed by atoms with Crippen molar-refractivity contribution in [1.29, 1.82) is 5.26 Å². The van der Waals surface area contributed by atoms with E-state index in [1.165, 1.54) is 18.2 Å². The van der Waals surface area contributed by atoms with Crippen LogP contribution in [0.4, 0.5) is 4.39 Å². The van der Waals surface area contributed by atoms with Gasteiger partial charge < -0.3 is 5.11 Å². The molecule has 0 heterocycles. The normalized spacial score (nSPS) is 10.3. The molecule has 1 N–H and O–H groups in total. The predicted molar refractivity (Wildman–Crippen MR) is 54.5 cm³/mol. The zero-order valence-corrected chi connectivity index (χ0v) is 8.57. The van der Waals surface area contributed by atoms with E-state index in [9.17, 15) is 4.39 Å². The van der Waals surface area contributed by atoms with Crippen LogP contribution in [0.2, 0.25) is 0 Å². The van der Waals surface area contributed by atoms with Gasteiger partial charge in [-0.15, -0.1) is 0 Å². The van der Waals surface area contributed by atoms with E-state index in [4.69, 9.17) is 10.4 Å². The quantitative estimate of drug-likeness (QED) is 0.806. The summed E-state index contributed by atoms with van der Waals surface area (Å²) < 4.78 is 12.9. The highest BCUT2D eigenvalue weighted by molar-refractivity contribution is 5.37. The molecule has 1 aromatic rings. The number of hydrogen-bond acceptors (Lipinski definition) is 3. The molecule has 0 radical (unpaired) electrons. The van der Waals surface area contributed by atoms with E-state index in [2.05, 4.69) is 0 Å². The van der Waals surface area contributed by atoms with Gasteiger partial charge in [-0.2, -0.15) is 5.26 Å². The molecule has 1 rings (SSSR count). The molecule has 0 aliphatic heterocycles. The lowest BCUT2D eigenvalue weighted by Gasteiger charge is -2.15. The zero-order chi connectivity index (χ0) is 11.3. The minimum absolute atomic E-state index is 0.0493. The van der Waals surface area contributed by atoms with Gasteiger partial charge in [0, 0.05) is 13.1 Å². The maximum absolute atomic E-state index is 12.9. The van der Waals surface area contributed by atoms with Crippen LogP contribution in [-0.4, -0.2) is 30.2 Å². The molecule has 3 nitrogen and oxygen atoms in total. The number of aliphatic hydroxyl groups is 1. The molecule has 0 aliphatic carbocycles. The maximum atomic E-state index is 12.9. The van der Waals surface area contributed by atoms with Gasteiger partial charge in [0.15, 0.2) is 0 Å². The second-order valence-corrected chi connectivity index (χ2v) is 3.37. The Bertz CT molecular complexity index is 373. The molecule has 0 aromatic heterocycles. The molecule has 80 valence electrons. The summed E-state index contributed by atoms with van der Waals surface area (Å²) in [6.07, 6.45) is 0. The maximum Gasteiger partial charge on any atom is 0.123 e. The van der Waals surface area contributed by atoms with E-state index in [0.717, 1.165) is 0 Å². The first-order valence-electron chi connectivity index (χ1n) is 4.65. The SMILES string of the molecule is CN(CCO)Cc1cc(F)ccc1C#N.